The first kappa shape index (κ1) is 15.5. The molecule has 0 aromatic heterocycles. The molecule has 1 saturated heterocycles. The number of nitrogens with zero attached hydrogens (tertiary/aromatic N) is 1. The molecule has 0 radical (unpaired) electrons. The summed E-state index contributed by atoms with van der Waals surface area (Å²) < 4.78 is 5.59. The first-order valence-corrected chi connectivity index (χ1v) is 7.60. The van der Waals surface area contributed by atoms with E-state index in [1.807, 2.05) is 0 Å². The fourth-order valence-corrected chi connectivity index (χ4v) is 3.02. The molecule has 0 bridgehead atoms. The summed E-state index contributed by atoms with van der Waals surface area (Å²) >= 11 is 0. The summed E-state index contributed by atoms with van der Waals surface area (Å²) in [6.45, 7) is 10.6. The Bertz CT molecular complexity index is 431. The lowest BCUT2D eigenvalue weighted by Gasteiger charge is -2.42. The average molecular weight is 276 g/mol. The number of ether oxygens (including phenoxy) is 1. The van der Waals surface area contributed by atoms with Crippen molar-refractivity contribution >= 4 is 0 Å². The van der Waals surface area contributed by atoms with Gasteiger partial charge in [-0.1, -0.05) is 24.3 Å². The fraction of sp³-hybridized carbons (Fsp3) is 0.647. The summed E-state index contributed by atoms with van der Waals surface area (Å²) in [6.07, 6.45) is 1.13. The van der Waals surface area contributed by atoms with Gasteiger partial charge in [0.1, 0.15) is 0 Å². The van der Waals surface area contributed by atoms with Crippen LogP contribution in [-0.2, 0) is 4.74 Å². The van der Waals surface area contributed by atoms with Crippen LogP contribution < -0.4 is 5.32 Å². The first-order valence-electron chi connectivity index (χ1n) is 7.60. The highest BCUT2D eigenvalue weighted by molar-refractivity contribution is 5.28. The van der Waals surface area contributed by atoms with Crippen molar-refractivity contribution in [1.29, 1.82) is 0 Å². The Morgan fingerprint density at radius 3 is 2.75 bits per heavy atom. The highest BCUT2D eigenvalue weighted by atomic mass is 16.5. The molecule has 0 saturated carbocycles. The zero-order chi connectivity index (χ0) is 14.6. The Hall–Kier alpha value is -0.900. The number of aryl methyl sites for hydroxylation is 1. The lowest BCUT2D eigenvalue weighted by molar-refractivity contribution is -0.0520. The lowest BCUT2D eigenvalue weighted by atomic mass is 9.97. The topological polar surface area (TPSA) is 24.5 Å². The molecule has 1 heterocycles. The smallest absolute Gasteiger partial charge is 0.0645 e. The summed E-state index contributed by atoms with van der Waals surface area (Å²) in [4.78, 5) is 2.55. The van der Waals surface area contributed by atoms with Gasteiger partial charge in [0.05, 0.1) is 13.2 Å². The van der Waals surface area contributed by atoms with Gasteiger partial charge in [-0.15, -0.1) is 0 Å². The number of rotatable bonds is 5. The van der Waals surface area contributed by atoms with Crippen LogP contribution in [0.4, 0.5) is 0 Å². The van der Waals surface area contributed by atoms with E-state index >= 15 is 0 Å². The van der Waals surface area contributed by atoms with Gasteiger partial charge >= 0.3 is 0 Å². The second-order valence-electron chi connectivity index (χ2n) is 6.34. The van der Waals surface area contributed by atoms with Crippen LogP contribution in [0.25, 0.3) is 0 Å². The summed E-state index contributed by atoms with van der Waals surface area (Å²) in [5.41, 5.74) is 2.94. The fourth-order valence-electron chi connectivity index (χ4n) is 3.02. The molecule has 0 aliphatic carbocycles. The minimum atomic E-state index is 0.155. The van der Waals surface area contributed by atoms with Crippen LogP contribution in [0.2, 0.25) is 0 Å². The zero-order valence-corrected chi connectivity index (χ0v) is 13.3. The van der Waals surface area contributed by atoms with Crippen LogP contribution in [0.3, 0.4) is 0 Å². The van der Waals surface area contributed by atoms with Crippen LogP contribution in [0.1, 0.15) is 37.4 Å². The molecule has 1 aromatic rings. The molecule has 3 heteroatoms. The van der Waals surface area contributed by atoms with Crippen molar-refractivity contribution in [3.63, 3.8) is 0 Å². The molecular weight excluding hydrogens is 248 g/mol. The molecular formula is C17H28N2O. The summed E-state index contributed by atoms with van der Waals surface area (Å²) in [6, 6.07) is 9.09. The highest BCUT2D eigenvalue weighted by Gasteiger charge is 2.30. The van der Waals surface area contributed by atoms with Crippen LogP contribution in [0.15, 0.2) is 24.3 Å². The van der Waals surface area contributed by atoms with Crippen molar-refractivity contribution in [2.75, 3.05) is 33.4 Å². The molecule has 1 aliphatic heterocycles. The molecule has 20 heavy (non-hydrogen) atoms. The van der Waals surface area contributed by atoms with E-state index < -0.39 is 0 Å². The van der Waals surface area contributed by atoms with Crippen LogP contribution in [0, 0.1) is 6.92 Å². The second-order valence-corrected chi connectivity index (χ2v) is 6.34. The molecule has 1 unspecified atom stereocenters. The predicted molar refractivity (Wildman–Crippen MR) is 84.1 cm³/mol. The lowest BCUT2D eigenvalue weighted by Crippen LogP contribution is -2.53. The van der Waals surface area contributed by atoms with Gasteiger partial charge in [0, 0.05) is 24.7 Å². The Morgan fingerprint density at radius 2 is 2.10 bits per heavy atom. The maximum atomic E-state index is 5.59. The van der Waals surface area contributed by atoms with Gasteiger partial charge in [-0.25, -0.2) is 0 Å². The molecule has 0 spiro atoms. The third kappa shape index (κ3) is 3.60. The molecule has 1 N–H and O–H groups in total. The van der Waals surface area contributed by atoms with E-state index in [-0.39, 0.29) is 5.54 Å². The molecule has 1 aliphatic rings. The van der Waals surface area contributed by atoms with Crippen molar-refractivity contribution in [2.45, 2.75) is 38.8 Å². The standard InChI is InChI=1S/C17H28N2O/c1-14-7-5-6-8-15(14)16(18-4)9-10-19-11-12-20-13-17(19,2)3/h5-8,16,18H,9-13H2,1-4H3. The van der Waals surface area contributed by atoms with Gasteiger partial charge in [0.15, 0.2) is 0 Å². The Morgan fingerprint density at radius 1 is 1.35 bits per heavy atom. The summed E-state index contributed by atoms with van der Waals surface area (Å²) in [7, 11) is 2.06. The maximum Gasteiger partial charge on any atom is 0.0645 e. The van der Waals surface area contributed by atoms with Crippen molar-refractivity contribution in [1.82, 2.24) is 10.2 Å². The quantitative estimate of drug-likeness (QED) is 0.895. The summed E-state index contributed by atoms with van der Waals surface area (Å²) in [5, 5.41) is 3.47. The Kier molecular flexibility index (Phi) is 5.19. The van der Waals surface area contributed by atoms with E-state index in [0.29, 0.717) is 6.04 Å². The molecule has 1 aromatic carbocycles. The van der Waals surface area contributed by atoms with Gasteiger partial charge in [-0.2, -0.15) is 0 Å². The van der Waals surface area contributed by atoms with Crippen molar-refractivity contribution < 1.29 is 4.74 Å². The average Bonchev–Trinajstić information content (AvgIpc) is 2.42. The van der Waals surface area contributed by atoms with Gasteiger partial charge in [-0.05, 0) is 45.4 Å². The van der Waals surface area contributed by atoms with Crippen molar-refractivity contribution in [3.8, 4) is 0 Å². The second kappa shape index (κ2) is 6.70. The molecule has 0 amide bonds. The zero-order valence-electron chi connectivity index (χ0n) is 13.3. The van der Waals surface area contributed by atoms with E-state index in [9.17, 15) is 0 Å². The number of hydrogen-bond acceptors (Lipinski definition) is 3. The Labute approximate surface area is 123 Å². The van der Waals surface area contributed by atoms with Crippen LogP contribution in [0.5, 0.6) is 0 Å². The third-order valence-corrected chi connectivity index (χ3v) is 4.42. The van der Waals surface area contributed by atoms with Crippen molar-refractivity contribution in [3.05, 3.63) is 35.4 Å². The van der Waals surface area contributed by atoms with E-state index in [1.54, 1.807) is 0 Å². The maximum absolute atomic E-state index is 5.59. The Balaban J connectivity index is 1.99. The van der Waals surface area contributed by atoms with Gasteiger partial charge in [0.25, 0.3) is 0 Å². The monoisotopic (exact) mass is 276 g/mol. The number of nitrogens with one attached hydrogen (secondary N) is 1. The molecule has 112 valence electrons. The first-order chi connectivity index (χ1) is 9.54. The van der Waals surface area contributed by atoms with Crippen LogP contribution >= 0.6 is 0 Å². The minimum absolute atomic E-state index is 0.155. The normalized spacial score (nSPS) is 20.8. The van der Waals surface area contributed by atoms with Gasteiger partial charge < -0.3 is 10.1 Å². The van der Waals surface area contributed by atoms with Crippen LogP contribution in [-0.4, -0.2) is 43.8 Å². The van der Waals surface area contributed by atoms with Gasteiger partial charge in [-0.3, -0.25) is 4.90 Å². The SMILES string of the molecule is CNC(CCN1CCOCC1(C)C)c1ccccc1C. The number of benzene rings is 1. The minimum Gasteiger partial charge on any atom is -0.378 e. The largest absolute Gasteiger partial charge is 0.378 e. The molecule has 1 fully saturated rings. The molecule has 3 nitrogen and oxygen atoms in total. The molecule has 2 rings (SSSR count). The third-order valence-electron chi connectivity index (χ3n) is 4.42. The van der Waals surface area contributed by atoms with E-state index in [1.165, 1.54) is 11.1 Å². The predicted octanol–water partition coefficient (Wildman–Crippen LogP) is 2.76. The number of morpholine rings is 1. The van der Waals surface area contributed by atoms with E-state index in [4.69, 9.17) is 4.74 Å². The van der Waals surface area contributed by atoms with E-state index in [2.05, 4.69) is 62.3 Å². The highest BCUT2D eigenvalue weighted by Crippen LogP contribution is 2.24. The van der Waals surface area contributed by atoms with Crippen molar-refractivity contribution in [2.24, 2.45) is 0 Å². The summed E-state index contributed by atoms with van der Waals surface area (Å²) in [5.74, 6) is 0. The number of hydrogen-bond donors (Lipinski definition) is 1. The molecule has 1 atom stereocenters. The van der Waals surface area contributed by atoms with Gasteiger partial charge in [0.2, 0.25) is 0 Å². The van der Waals surface area contributed by atoms with E-state index in [0.717, 1.165) is 32.7 Å².